The SMILES string of the molecule is CC(=O)NCC(=O)N(CC1CCCCN1)C1CC1. The molecule has 1 heterocycles. The van der Waals surface area contributed by atoms with Gasteiger partial charge in [-0.2, -0.15) is 0 Å². The Bertz CT molecular complexity index is 309. The molecule has 1 aliphatic heterocycles. The lowest BCUT2D eigenvalue weighted by Crippen LogP contribution is -2.49. The van der Waals surface area contributed by atoms with Crippen LogP contribution in [0.5, 0.6) is 0 Å². The minimum atomic E-state index is -0.144. The van der Waals surface area contributed by atoms with Crippen molar-refractivity contribution in [2.45, 2.75) is 51.1 Å². The van der Waals surface area contributed by atoms with Crippen molar-refractivity contribution in [1.82, 2.24) is 15.5 Å². The molecule has 18 heavy (non-hydrogen) atoms. The Balaban J connectivity index is 1.82. The van der Waals surface area contributed by atoms with E-state index in [1.807, 2.05) is 4.90 Å². The molecule has 2 aliphatic rings. The van der Waals surface area contributed by atoms with Crippen molar-refractivity contribution < 1.29 is 9.59 Å². The van der Waals surface area contributed by atoms with Crippen molar-refractivity contribution in [3.8, 4) is 0 Å². The number of rotatable bonds is 5. The number of carbonyl (C=O) groups is 2. The molecule has 102 valence electrons. The van der Waals surface area contributed by atoms with Gasteiger partial charge in [0.1, 0.15) is 0 Å². The summed E-state index contributed by atoms with van der Waals surface area (Å²) in [6, 6.07) is 0.843. The van der Waals surface area contributed by atoms with E-state index in [0.717, 1.165) is 32.4 Å². The molecule has 2 amide bonds. The lowest BCUT2D eigenvalue weighted by molar-refractivity contribution is -0.133. The highest BCUT2D eigenvalue weighted by Crippen LogP contribution is 2.27. The van der Waals surface area contributed by atoms with Gasteiger partial charge in [-0.05, 0) is 32.2 Å². The smallest absolute Gasteiger partial charge is 0.242 e. The number of nitrogens with zero attached hydrogens (tertiary/aromatic N) is 1. The molecule has 5 heteroatoms. The van der Waals surface area contributed by atoms with E-state index in [2.05, 4.69) is 10.6 Å². The summed E-state index contributed by atoms with van der Waals surface area (Å²) in [6.07, 6.45) is 5.85. The van der Waals surface area contributed by atoms with Gasteiger partial charge >= 0.3 is 0 Å². The summed E-state index contributed by atoms with van der Waals surface area (Å²) in [6.45, 7) is 3.43. The van der Waals surface area contributed by atoms with Crippen LogP contribution in [-0.4, -0.2) is 48.4 Å². The van der Waals surface area contributed by atoms with Gasteiger partial charge in [-0.15, -0.1) is 0 Å². The topological polar surface area (TPSA) is 61.4 Å². The first-order valence-electron chi connectivity index (χ1n) is 6.94. The first-order chi connectivity index (χ1) is 8.66. The predicted molar refractivity (Wildman–Crippen MR) is 69.1 cm³/mol. The van der Waals surface area contributed by atoms with Crippen LogP contribution in [-0.2, 0) is 9.59 Å². The highest BCUT2D eigenvalue weighted by atomic mass is 16.2. The minimum absolute atomic E-state index is 0.0556. The van der Waals surface area contributed by atoms with Gasteiger partial charge in [0.2, 0.25) is 11.8 Å². The maximum absolute atomic E-state index is 12.1. The Morgan fingerprint density at radius 3 is 2.61 bits per heavy atom. The van der Waals surface area contributed by atoms with Gasteiger partial charge in [-0.1, -0.05) is 6.42 Å². The number of amides is 2. The first-order valence-corrected chi connectivity index (χ1v) is 6.94. The second-order valence-electron chi connectivity index (χ2n) is 5.33. The molecule has 0 bridgehead atoms. The summed E-state index contributed by atoms with van der Waals surface area (Å²) in [5, 5.41) is 6.07. The van der Waals surface area contributed by atoms with E-state index < -0.39 is 0 Å². The number of carbonyl (C=O) groups excluding carboxylic acids is 2. The summed E-state index contributed by atoms with van der Waals surface area (Å²) in [7, 11) is 0. The standard InChI is InChI=1S/C13H23N3O2/c1-10(17)15-8-13(18)16(12-5-6-12)9-11-4-2-3-7-14-11/h11-12,14H,2-9H2,1H3,(H,15,17). The fraction of sp³-hybridized carbons (Fsp3) is 0.846. The summed E-state index contributed by atoms with van der Waals surface area (Å²) < 4.78 is 0. The fourth-order valence-corrected chi connectivity index (χ4v) is 2.46. The molecule has 0 radical (unpaired) electrons. The molecule has 0 aromatic rings. The zero-order valence-corrected chi connectivity index (χ0v) is 11.1. The van der Waals surface area contributed by atoms with Crippen LogP contribution in [0.3, 0.4) is 0 Å². The molecule has 2 N–H and O–H groups in total. The van der Waals surface area contributed by atoms with Crippen molar-refractivity contribution >= 4 is 11.8 Å². The van der Waals surface area contributed by atoms with Gasteiger partial charge < -0.3 is 15.5 Å². The lowest BCUT2D eigenvalue weighted by atomic mass is 10.0. The van der Waals surface area contributed by atoms with Gasteiger partial charge in [-0.25, -0.2) is 0 Å². The van der Waals surface area contributed by atoms with Gasteiger partial charge in [0.05, 0.1) is 6.54 Å². The third-order valence-electron chi connectivity index (χ3n) is 3.63. The summed E-state index contributed by atoms with van der Waals surface area (Å²) >= 11 is 0. The van der Waals surface area contributed by atoms with Crippen LogP contribution < -0.4 is 10.6 Å². The normalized spacial score (nSPS) is 23.5. The first kappa shape index (κ1) is 13.3. The van der Waals surface area contributed by atoms with Crippen molar-refractivity contribution in [2.24, 2.45) is 0 Å². The van der Waals surface area contributed by atoms with Crippen LogP contribution >= 0.6 is 0 Å². The van der Waals surface area contributed by atoms with Crippen LogP contribution in [0.25, 0.3) is 0 Å². The van der Waals surface area contributed by atoms with E-state index in [9.17, 15) is 9.59 Å². The Morgan fingerprint density at radius 2 is 2.06 bits per heavy atom. The lowest BCUT2D eigenvalue weighted by Gasteiger charge is -2.30. The molecular formula is C13H23N3O2. The van der Waals surface area contributed by atoms with E-state index in [1.165, 1.54) is 19.8 Å². The maximum atomic E-state index is 12.1. The number of nitrogens with one attached hydrogen (secondary N) is 2. The van der Waals surface area contributed by atoms with Gasteiger partial charge in [0.25, 0.3) is 0 Å². The zero-order chi connectivity index (χ0) is 13.0. The third kappa shape index (κ3) is 3.98. The van der Waals surface area contributed by atoms with Crippen LogP contribution in [0, 0.1) is 0 Å². The van der Waals surface area contributed by atoms with Crippen molar-refractivity contribution in [3.05, 3.63) is 0 Å². The Hall–Kier alpha value is -1.10. The van der Waals surface area contributed by atoms with E-state index in [1.54, 1.807) is 0 Å². The van der Waals surface area contributed by atoms with Gasteiger partial charge in [0, 0.05) is 25.6 Å². The highest BCUT2D eigenvalue weighted by molar-refractivity contribution is 5.84. The largest absolute Gasteiger partial charge is 0.347 e. The molecule has 1 unspecified atom stereocenters. The molecule has 2 rings (SSSR count). The van der Waals surface area contributed by atoms with Crippen LogP contribution in [0.4, 0.5) is 0 Å². The number of hydrogen-bond donors (Lipinski definition) is 2. The van der Waals surface area contributed by atoms with Crippen LogP contribution in [0.15, 0.2) is 0 Å². The molecule has 5 nitrogen and oxygen atoms in total. The molecule has 1 atom stereocenters. The van der Waals surface area contributed by atoms with E-state index >= 15 is 0 Å². The van der Waals surface area contributed by atoms with Crippen LogP contribution in [0.2, 0.25) is 0 Å². The highest BCUT2D eigenvalue weighted by Gasteiger charge is 2.33. The molecule has 1 saturated heterocycles. The second kappa shape index (κ2) is 6.18. The quantitative estimate of drug-likeness (QED) is 0.738. The number of hydrogen-bond acceptors (Lipinski definition) is 3. The summed E-state index contributed by atoms with van der Waals surface area (Å²) in [4.78, 5) is 24.9. The molecule has 1 aliphatic carbocycles. The maximum Gasteiger partial charge on any atom is 0.242 e. The monoisotopic (exact) mass is 253 g/mol. The van der Waals surface area contributed by atoms with E-state index in [4.69, 9.17) is 0 Å². The predicted octanol–water partition coefficient (Wildman–Crippen LogP) is 0.256. The van der Waals surface area contributed by atoms with E-state index in [-0.39, 0.29) is 18.4 Å². The Morgan fingerprint density at radius 1 is 1.28 bits per heavy atom. The van der Waals surface area contributed by atoms with Gasteiger partial charge in [0.15, 0.2) is 0 Å². The van der Waals surface area contributed by atoms with Gasteiger partial charge in [-0.3, -0.25) is 9.59 Å². The fourth-order valence-electron chi connectivity index (χ4n) is 2.46. The molecule has 0 spiro atoms. The Kier molecular flexibility index (Phi) is 4.58. The van der Waals surface area contributed by atoms with Crippen molar-refractivity contribution in [2.75, 3.05) is 19.6 Å². The van der Waals surface area contributed by atoms with E-state index in [0.29, 0.717) is 12.1 Å². The molecule has 2 fully saturated rings. The molecule has 1 saturated carbocycles. The molecule has 0 aromatic carbocycles. The average Bonchev–Trinajstić information content (AvgIpc) is 3.18. The molecule has 0 aromatic heterocycles. The van der Waals surface area contributed by atoms with Crippen LogP contribution in [0.1, 0.15) is 39.0 Å². The summed E-state index contributed by atoms with van der Waals surface area (Å²) in [5.74, 6) is -0.0880. The zero-order valence-electron chi connectivity index (χ0n) is 11.1. The van der Waals surface area contributed by atoms with Crippen molar-refractivity contribution in [3.63, 3.8) is 0 Å². The number of piperidine rings is 1. The molecular weight excluding hydrogens is 230 g/mol. The Labute approximate surface area is 108 Å². The second-order valence-corrected chi connectivity index (χ2v) is 5.33. The average molecular weight is 253 g/mol. The van der Waals surface area contributed by atoms with Crippen molar-refractivity contribution in [1.29, 1.82) is 0 Å². The summed E-state index contributed by atoms with van der Waals surface area (Å²) in [5.41, 5.74) is 0. The minimum Gasteiger partial charge on any atom is -0.347 e. The third-order valence-corrected chi connectivity index (χ3v) is 3.63.